The Morgan fingerprint density at radius 1 is 0.842 bits per heavy atom. The van der Waals surface area contributed by atoms with Gasteiger partial charge in [0.15, 0.2) is 23.1 Å². The quantitative estimate of drug-likeness (QED) is 0.618. The molecule has 5 heteroatoms. The smallest absolute Gasteiger partial charge is 0.196 e. The van der Waals surface area contributed by atoms with Crippen molar-refractivity contribution < 1.29 is 19.8 Å². The van der Waals surface area contributed by atoms with Gasteiger partial charge in [0.1, 0.15) is 0 Å². The van der Waals surface area contributed by atoms with Crippen LogP contribution in [0.15, 0.2) is 30.3 Å². The van der Waals surface area contributed by atoms with Crippen molar-refractivity contribution in [3.05, 3.63) is 57.6 Å². The molecule has 2 N–H and O–H groups in total. The second-order valence-corrected chi connectivity index (χ2v) is 4.61. The van der Waals surface area contributed by atoms with Gasteiger partial charge in [0.05, 0.1) is 10.6 Å². The highest BCUT2D eigenvalue weighted by Crippen LogP contribution is 2.36. The minimum atomic E-state index is -0.449. The van der Waals surface area contributed by atoms with Crippen molar-refractivity contribution >= 4 is 23.2 Å². The van der Waals surface area contributed by atoms with E-state index in [0.717, 1.165) is 12.1 Å². The van der Waals surface area contributed by atoms with Crippen LogP contribution in [0.25, 0.3) is 0 Å². The highest BCUT2D eigenvalue weighted by molar-refractivity contribution is 6.39. The number of hydrogen-bond donors (Lipinski definition) is 2. The van der Waals surface area contributed by atoms with Gasteiger partial charge in [0.25, 0.3) is 0 Å². The van der Waals surface area contributed by atoms with Crippen molar-refractivity contribution in [3.8, 4) is 11.5 Å². The molecule has 0 unspecified atom stereocenters. The first-order valence-corrected chi connectivity index (χ1v) is 5.82. The predicted octanol–water partition coefficient (Wildman–Crippen LogP) is 2.53. The molecular weight excluding hydrogens is 268 g/mol. The minimum absolute atomic E-state index is 0.0425. The van der Waals surface area contributed by atoms with E-state index in [1.54, 1.807) is 6.07 Å². The van der Waals surface area contributed by atoms with Crippen LogP contribution in [0.2, 0.25) is 5.02 Å². The van der Waals surface area contributed by atoms with E-state index in [1.807, 2.05) is 0 Å². The van der Waals surface area contributed by atoms with Gasteiger partial charge < -0.3 is 10.2 Å². The van der Waals surface area contributed by atoms with Gasteiger partial charge in [-0.2, -0.15) is 0 Å². The number of ketones is 2. The molecule has 2 aromatic rings. The first kappa shape index (κ1) is 11.7. The maximum Gasteiger partial charge on any atom is 0.196 e. The van der Waals surface area contributed by atoms with Crippen LogP contribution >= 0.6 is 11.6 Å². The predicted molar refractivity (Wildman–Crippen MR) is 68.1 cm³/mol. The summed E-state index contributed by atoms with van der Waals surface area (Å²) in [7, 11) is 0. The number of carbonyl (C=O) groups excluding carboxylic acids is 2. The monoisotopic (exact) mass is 274 g/mol. The molecule has 4 nitrogen and oxygen atoms in total. The van der Waals surface area contributed by atoms with E-state index in [9.17, 15) is 19.8 Å². The van der Waals surface area contributed by atoms with Crippen LogP contribution < -0.4 is 0 Å². The second kappa shape index (κ2) is 3.83. The van der Waals surface area contributed by atoms with E-state index >= 15 is 0 Å². The van der Waals surface area contributed by atoms with E-state index in [-0.39, 0.29) is 27.3 Å². The summed E-state index contributed by atoms with van der Waals surface area (Å²) >= 11 is 5.95. The number of fused-ring (bicyclic) bond motifs is 2. The Kier molecular flexibility index (Phi) is 2.37. The summed E-state index contributed by atoms with van der Waals surface area (Å²) in [6, 6.07) is 6.79. The van der Waals surface area contributed by atoms with E-state index < -0.39 is 23.1 Å². The van der Waals surface area contributed by atoms with Crippen molar-refractivity contribution in [3.63, 3.8) is 0 Å². The van der Waals surface area contributed by atoms with Gasteiger partial charge in [-0.1, -0.05) is 23.7 Å². The first-order chi connectivity index (χ1) is 9.00. The third kappa shape index (κ3) is 1.54. The van der Waals surface area contributed by atoms with E-state index in [0.29, 0.717) is 0 Å². The van der Waals surface area contributed by atoms with Crippen molar-refractivity contribution in [2.24, 2.45) is 0 Å². The molecule has 0 bridgehead atoms. The molecular formula is C14H7ClO4. The van der Waals surface area contributed by atoms with E-state index in [2.05, 4.69) is 0 Å². The van der Waals surface area contributed by atoms with Gasteiger partial charge in [-0.15, -0.1) is 0 Å². The summed E-state index contributed by atoms with van der Waals surface area (Å²) < 4.78 is 0. The molecule has 2 aromatic carbocycles. The average molecular weight is 275 g/mol. The van der Waals surface area contributed by atoms with Gasteiger partial charge in [0, 0.05) is 16.7 Å². The van der Waals surface area contributed by atoms with Crippen LogP contribution in [-0.4, -0.2) is 21.8 Å². The average Bonchev–Trinajstić information content (AvgIpc) is 2.38. The lowest BCUT2D eigenvalue weighted by atomic mass is 9.84. The van der Waals surface area contributed by atoms with Crippen LogP contribution in [0, 0.1) is 0 Å². The number of hydrogen-bond acceptors (Lipinski definition) is 4. The molecule has 94 valence electrons. The normalized spacial score (nSPS) is 13.1. The van der Waals surface area contributed by atoms with Gasteiger partial charge in [0.2, 0.25) is 0 Å². The summed E-state index contributed by atoms with van der Waals surface area (Å²) in [5.41, 5.74) is 0.442. The van der Waals surface area contributed by atoms with Crippen LogP contribution in [0.4, 0.5) is 0 Å². The molecule has 0 fully saturated rings. The molecule has 3 rings (SSSR count). The third-order valence-electron chi connectivity index (χ3n) is 3.09. The fourth-order valence-electron chi connectivity index (χ4n) is 2.18. The van der Waals surface area contributed by atoms with E-state index in [4.69, 9.17) is 11.6 Å². The highest BCUT2D eigenvalue weighted by Gasteiger charge is 2.32. The molecule has 1 aliphatic carbocycles. The molecule has 0 saturated carbocycles. The van der Waals surface area contributed by atoms with Crippen molar-refractivity contribution in [1.29, 1.82) is 0 Å². The fraction of sp³-hybridized carbons (Fsp3) is 0. The van der Waals surface area contributed by atoms with Crippen LogP contribution in [0.5, 0.6) is 11.5 Å². The van der Waals surface area contributed by atoms with Gasteiger partial charge in [-0.05, 0) is 18.2 Å². The number of halogens is 1. The topological polar surface area (TPSA) is 74.6 Å². The SMILES string of the molecule is O=C1c2cc(O)c(O)cc2C(=O)c2c(Cl)cccc21. The lowest BCUT2D eigenvalue weighted by Gasteiger charge is -2.18. The lowest BCUT2D eigenvalue weighted by Crippen LogP contribution is -2.21. The van der Waals surface area contributed by atoms with Crippen LogP contribution in [-0.2, 0) is 0 Å². The molecule has 0 aliphatic heterocycles. The Balaban J connectivity index is 2.36. The van der Waals surface area contributed by atoms with Crippen molar-refractivity contribution in [2.75, 3.05) is 0 Å². The Bertz CT molecular complexity index is 749. The lowest BCUT2D eigenvalue weighted by molar-refractivity contribution is 0.0978. The maximum atomic E-state index is 12.3. The molecule has 19 heavy (non-hydrogen) atoms. The molecule has 0 aromatic heterocycles. The number of rotatable bonds is 0. The largest absolute Gasteiger partial charge is 0.504 e. The Morgan fingerprint density at radius 3 is 2.05 bits per heavy atom. The Morgan fingerprint density at radius 2 is 1.42 bits per heavy atom. The highest BCUT2D eigenvalue weighted by atomic mass is 35.5. The second-order valence-electron chi connectivity index (χ2n) is 4.21. The zero-order valence-electron chi connectivity index (χ0n) is 9.48. The number of benzene rings is 2. The summed E-state index contributed by atoms with van der Waals surface area (Å²) in [6.45, 7) is 0. The molecule has 1 aliphatic rings. The number of phenolic OH excluding ortho intramolecular Hbond substituents is 2. The van der Waals surface area contributed by atoms with Gasteiger partial charge in [-0.25, -0.2) is 0 Å². The first-order valence-electron chi connectivity index (χ1n) is 5.44. The Labute approximate surface area is 112 Å². The third-order valence-corrected chi connectivity index (χ3v) is 3.40. The summed E-state index contributed by atoms with van der Waals surface area (Å²) in [4.78, 5) is 24.6. The zero-order valence-corrected chi connectivity index (χ0v) is 10.2. The Hall–Kier alpha value is -2.33. The minimum Gasteiger partial charge on any atom is -0.504 e. The fourth-order valence-corrected chi connectivity index (χ4v) is 2.44. The molecule has 0 radical (unpaired) electrons. The van der Waals surface area contributed by atoms with Crippen LogP contribution in [0.1, 0.15) is 31.8 Å². The van der Waals surface area contributed by atoms with Crippen molar-refractivity contribution in [1.82, 2.24) is 0 Å². The number of carbonyl (C=O) groups is 2. The summed E-state index contributed by atoms with van der Waals surface area (Å²) in [6.07, 6.45) is 0. The van der Waals surface area contributed by atoms with Gasteiger partial charge >= 0.3 is 0 Å². The standard InChI is InChI=1S/C14H7ClO4/c15-9-3-1-2-6-12(9)14(19)8-5-11(17)10(16)4-7(8)13(6)18/h1-5,16-17H. The molecule has 0 amide bonds. The zero-order chi connectivity index (χ0) is 13.7. The number of aromatic hydroxyl groups is 2. The molecule has 0 spiro atoms. The molecule has 0 heterocycles. The number of phenols is 2. The van der Waals surface area contributed by atoms with Crippen molar-refractivity contribution in [2.45, 2.75) is 0 Å². The van der Waals surface area contributed by atoms with Crippen LogP contribution in [0.3, 0.4) is 0 Å². The molecule has 0 saturated heterocycles. The van der Waals surface area contributed by atoms with E-state index in [1.165, 1.54) is 12.1 Å². The van der Waals surface area contributed by atoms with Gasteiger partial charge in [-0.3, -0.25) is 9.59 Å². The summed E-state index contributed by atoms with van der Waals surface area (Å²) in [5.74, 6) is -1.73. The summed E-state index contributed by atoms with van der Waals surface area (Å²) in [5, 5.41) is 19.1. The molecule has 0 atom stereocenters. The maximum absolute atomic E-state index is 12.3.